The Bertz CT molecular complexity index is 826. The van der Waals surface area contributed by atoms with Crippen molar-refractivity contribution in [2.24, 2.45) is 0 Å². The van der Waals surface area contributed by atoms with Crippen LogP contribution >= 0.6 is 0 Å². The number of fused-ring (bicyclic) bond motifs is 1. The van der Waals surface area contributed by atoms with E-state index in [1.54, 1.807) is 0 Å². The van der Waals surface area contributed by atoms with Crippen LogP contribution in [-0.2, 0) is 0 Å². The number of aryl methyl sites for hydroxylation is 1. The number of para-hydroxylation sites is 1. The minimum atomic E-state index is -4.73. The Morgan fingerprint density at radius 1 is 1.18 bits per heavy atom. The minimum Gasteiger partial charge on any atom is -0.379 e. The number of hydrogen-bond donors (Lipinski definition) is 1. The topological polar surface area (TPSA) is 50.9 Å². The zero-order chi connectivity index (χ0) is 15.9. The van der Waals surface area contributed by atoms with Crippen LogP contribution < -0.4 is 0 Å². The molecule has 4 nitrogen and oxygen atoms in total. The lowest BCUT2D eigenvalue weighted by molar-refractivity contribution is -0.206. The first kappa shape index (κ1) is 14.5. The fourth-order valence-corrected chi connectivity index (χ4v) is 2.32. The fourth-order valence-electron chi connectivity index (χ4n) is 2.32. The lowest BCUT2D eigenvalue weighted by Gasteiger charge is -2.15. The third-order valence-corrected chi connectivity index (χ3v) is 3.39. The highest BCUT2D eigenvalue weighted by atomic mass is 19.4. The van der Waals surface area contributed by atoms with Gasteiger partial charge in [-0.1, -0.05) is 18.2 Å². The largest absolute Gasteiger partial charge is 0.418 e. The second kappa shape index (κ2) is 5.10. The quantitative estimate of drug-likeness (QED) is 0.790. The molecule has 1 unspecified atom stereocenters. The first-order valence-corrected chi connectivity index (χ1v) is 6.52. The van der Waals surface area contributed by atoms with Gasteiger partial charge in [-0.3, -0.25) is 4.98 Å². The third-order valence-electron chi connectivity index (χ3n) is 3.39. The summed E-state index contributed by atoms with van der Waals surface area (Å²) in [5, 5.41) is 14.6. The van der Waals surface area contributed by atoms with Crippen molar-refractivity contribution in [2.45, 2.75) is 19.2 Å². The maximum atomic E-state index is 12.6. The minimum absolute atomic E-state index is 0.317. The maximum absolute atomic E-state index is 12.6. The van der Waals surface area contributed by atoms with Crippen LogP contribution in [0.15, 0.2) is 42.7 Å². The average molecular weight is 307 g/mol. The molecule has 0 saturated carbocycles. The summed E-state index contributed by atoms with van der Waals surface area (Å²) in [4.78, 5) is 3.79. The van der Waals surface area contributed by atoms with E-state index in [4.69, 9.17) is 0 Å². The number of aromatic nitrogens is 3. The standard InChI is InChI=1S/C15H12F3N3O/c1-9-12-4-2-3-5-13(12)21(20-9)11-6-10(7-19-8-11)14(22)15(16,17)18/h2-8,14,22H,1H3. The molecule has 0 amide bonds. The second-order valence-electron chi connectivity index (χ2n) is 4.93. The molecule has 0 radical (unpaired) electrons. The van der Waals surface area contributed by atoms with Crippen LogP contribution in [0.5, 0.6) is 0 Å². The molecule has 2 heterocycles. The molecule has 22 heavy (non-hydrogen) atoms. The van der Waals surface area contributed by atoms with Crippen LogP contribution in [0.2, 0.25) is 0 Å². The first-order chi connectivity index (χ1) is 10.4. The van der Waals surface area contributed by atoms with Crippen molar-refractivity contribution in [1.29, 1.82) is 0 Å². The van der Waals surface area contributed by atoms with Gasteiger partial charge < -0.3 is 5.11 Å². The van der Waals surface area contributed by atoms with Crippen LogP contribution in [-0.4, -0.2) is 26.0 Å². The molecule has 114 valence electrons. The van der Waals surface area contributed by atoms with Gasteiger partial charge in [0.1, 0.15) is 0 Å². The molecule has 0 spiro atoms. The summed E-state index contributed by atoms with van der Waals surface area (Å²) in [5.41, 5.74) is 1.57. The van der Waals surface area contributed by atoms with Gasteiger partial charge in [0.15, 0.2) is 6.10 Å². The number of benzene rings is 1. The summed E-state index contributed by atoms with van der Waals surface area (Å²) in [5.74, 6) is 0. The molecule has 0 aliphatic heterocycles. The van der Waals surface area contributed by atoms with Crippen LogP contribution in [0, 0.1) is 6.92 Å². The second-order valence-corrected chi connectivity index (χ2v) is 4.93. The highest BCUT2D eigenvalue weighted by molar-refractivity contribution is 5.83. The molecule has 2 aromatic heterocycles. The number of halogens is 3. The lowest BCUT2D eigenvalue weighted by Crippen LogP contribution is -2.20. The van der Waals surface area contributed by atoms with Crippen LogP contribution in [0.1, 0.15) is 17.4 Å². The predicted octanol–water partition coefficient (Wildman–Crippen LogP) is 3.32. The molecule has 0 aliphatic rings. The maximum Gasteiger partial charge on any atom is 0.418 e. The Labute approximate surface area is 123 Å². The molecule has 1 N–H and O–H groups in total. The normalized spacial score (nSPS) is 13.5. The van der Waals surface area contributed by atoms with Crippen LogP contribution in [0.25, 0.3) is 16.6 Å². The molecule has 7 heteroatoms. The number of pyridine rings is 1. The van der Waals surface area contributed by atoms with Crippen LogP contribution in [0.4, 0.5) is 13.2 Å². The molecule has 3 aromatic rings. The van der Waals surface area contributed by atoms with Crippen molar-refractivity contribution in [3.05, 3.63) is 54.0 Å². The van der Waals surface area contributed by atoms with E-state index in [9.17, 15) is 18.3 Å². The van der Waals surface area contributed by atoms with E-state index in [1.807, 2.05) is 31.2 Å². The monoisotopic (exact) mass is 307 g/mol. The van der Waals surface area contributed by atoms with Crippen molar-refractivity contribution in [3.63, 3.8) is 0 Å². The molecule has 0 bridgehead atoms. The number of rotatable bonds is 2. The van der Waals surface area contributed by atoms with E-state index in [0.717, 1.165) is 22.8 Å². The van der Waals surface area contributed by atoms with Gasteiger partial charge >= 0.3 is 6.18 Å². The first-order valence-electron chi connectivity index (χ1n) is 6.52. The molecular formula is C15H12F3N3O. The average Bonchev–Trinajstić information content (AvgIpc) is 2.83. The lowest BCUT2D eigenvalue weighted by atomic mass is 10.1. The summed E-state index contributed by atoms with van der Waals surface area (Å²) in [6, 6.07) is 8.63. The van der Waals surface area contributed by atoms with Crippen molar-refractivity contribution in [1.82, 2.24) is 14.8 Å². The van der Waals surface area contributed by atoms with Gasteiger partial charge in [-0.25, -0.2) is 4.68 Å². The molecule has 0 fully saturated rings. The van der Waals surface area contributed by atoms with Gasteiger partial charge in [0.05, 0.1) is 23.1 Å². The Hall–Kier alpha value is -2.41. The number of aliphatic hydroxyl groups excluding tert-OH is 1. The molecule has 1 aromatic carbocycles. The zero-order valence-corrected chi connectivity index (χ0v) is 11.5. The molecule has 0 saturated heterocycles. The SMILES string of the molecule is Cc1nn(-c2cncc(C(O)C(F)(F)F)c2)c2ccccc12. The van der Waals surface area contributed by atoms with E-state index in [1.165, 1.54) is 16.9 Å². The van der Waals surface area contributed by atoms with E-state index in [2.05, 4.69) is 10.1 Å². The number of hydrogen-bond acceptors (Lipinski definition) is 3. The molecular weight excluding hydrogens is 295 g/mol. The van der Waals surface area contributed by atoms with Gasteiger partial charge in [0.25, 0.3) is 0 Å². The van der Waals surface area contributed by atoms with Crippen LogP contribution in [0.3, 0.4) is 0 Å². The Morgan fingerprint density at radius 2 is 1.91 bits per heavy atom. The summed E-state index contributed by atoms with van der Waals surface area (Å²) in [6.45, 7) is 1.82. The highest BCUT2D eigenvalue weighted by Gasteiger charge is 2.39. The number of nitrogens with zero attached hydrogens (tertiary/aromatic N) is 3. The van der Waals surface area contributed by atoms with E-state index >= 15 is 0 Å². The van der Waals surface area contributed by atoms with E-state index < -0.39 is 12.3 Å². The van der Waals surface area contributed by atoms with Crippen molar-refractivity contribution >= 4 is 10.9 Å². The van der Waals surface area contributed by atoms with E-state index in [0.29, 0.717) is 5.69 Å². The predicted molar refractivity (Wildman–Crippen MR) is 74.6 cm³/mol. The summed E-state index contributed by atoms with van der Waals surface area (Å²) >= 11 is 0. The van der Waals surface area contributed by atoms with E-state index in [-0.39, 0.29) is 5.56 Å². The summed E-state index contributed by atoms with van der Waals surface area (Å²) in [7, 11) is 0. The number of aliphatic hydroxyl groups is 1. The number of alkyl halides is 3. The summed E-state index contributed by atoms with van der Waals surface area (Å²) in [6.07, 6.45) is -4.89. The smallest absolute Gasteiger partial charge is 0.379 e. The van der Waals surface area contributed by atoms with Crippen molar-refractivity contribution in [3.8, 4) is 5.69 Å². The van der Waals surface area contributed by atoms with Crippen molar-refractivity contribution in [2.75, 3.05) is 0 Å². The zero-order valence-electron chi connectivity index (χ0n) is 11.5. The molecule has 1 atom stereocenters. The van der Waals surface area contributed by atoms with Gasteiger partial charge in [0, 0.05) is 17.1 Å². The molecule has 3 rings (SSSR count). The molecule has 0 aliphatic carbocycles. The van der Waals surface area contributed by atoms with Gasteiger partial charge in [0.2, 0.25) is 0 Å². The third kappa shape index (κ3) is 2.43. The van der Waals surface area contributed by atoms with Gasteiger partial charge in [-0.15, -0.1) is 0 Å². The Balaban J connectivity index is 2.12. The van der Waals surface area contributed by atoms with Gasteiger partial charge in [-0.2, -0.15) is 18.3 Å². The highest BCUT2D eigenvalue weighted by Crippen LogP contribution is 2.33. The Kier molecular flexibility index (Phi) is 3.37. The summed E-state index contributed by atoms with van der Waals surface area (Å²) < 4.78 is 39.4. The Morgan fingerprint density at radius 3 is 2.64 bits per heavy atom. The van der Waals surface area contributed by atoms with Gasteiger partial charge in [-0.05, 0) is 19.1 Å². The van der Waals surface area contributed by atoms with Crippen molar-refractivity contribution < 1.29 is 18.3 Å². The fraction of sp³-hybridized carbons (Fsp3) is 0.200.